The van der Waals surface area contributed by atoms with Gasteiger partial charge in [0.25, 0.3) is 0 Å². The van der Waals surface area contributed by atoms with Crippen molar-refractivity contribution in [2.24, 2.45) is 0 Å². The van der Waals surface area contributed by atoms with Gasteiger partial charge in [0.15, 0.2) is 6.29 Å². The maximum absolute atomic E-state index is 5.61. The van der Waals surface area contributed by atoms with Gasteiger partial charge in [0.2, 0.25) is 0 Å². The molecule has 1 saturated heterocycles. The highest BCUT2D eigenvalue weighted by Gasteiger charge is 2.13. The van der Waals surface area contributed by atoms with E-state index < -0.39 is 0 Å². The van der Waals surface area contributed by atoms with Gasteiger partial charge in [-0.15, -0.1) is 0 Å². The Hall–Kier alpha value is -0.480. The lowest BCUT2D eigenvalue weighted by atomic mass is 10.2. The molecule has 0 bridgehead atoms. The van der Waals surface area contributed by atoms with Crippen LogP contribution < -0.4 is 0 Å². The molecule has 1 unspecified atom stereocenters. The van der Waals surface area contributed by atoms with E-state index >= 15 is 0 Å². The zero-order valence-electron chi connectivity index (χ0n) is 26.3. The van der Waals surface area contributed by atoms with Crippen LogP contribution in [0.1, 0.15) is 45.4 Å². The van der Waals surface area contributed by atoms with Gasteiger partial charge in [-0.1, -0.05) is 19.8 Å². The Morgan fingerprint density at radius 2 is 0.738 bits per heavy atom. The van der Waals surface area contributed by atoms with Crippen LogP contribution in [0.15, 0.2) is 0 Å². The number of unbranched alkanes of at least 4 members (excludes halogenated alkanes) is 2. The van der Waals surface area contributed by atoms with Crippen LogP contribution in [0.5, 0.6) is 0 Å². The lowest BCUT2D eigenvalue weighted by Crippen LogP contribution is -2.24. The fourth-order valence-corrected chi connectivity index (χ4v) is 3.62. The minimum atomic E-state index is -0.0618. The monoisotopic (exact) mass is 612 g/mol. The molecule has 1 heterocycles. The highest BCUT2D eigenvalue weighted by molar-refractivity contribution is 4.53. The molecule has 42 heavy (non-hydrogen) atoms. The average Bonchev–Trinajstić information content (AvgIpc) is 3.01. The number of rotatable bonds is 35. The van der Waals surface area contributed by atoms with Crippen LogP contribution in [0.2, 0.25) is 0 Å². The molecule has 0 N–H and O–H groups in total. The van der Waals surface area contributed by atoms with E-state index in [-0.39, 0.29) is 6.29 Å². The molecule has 0 aromatic rings. The molecule has 0 radical (unpaired) electrons. The summed E-state index contributed by atoms with van der Waals surface area (Å²) in [5.74, 6) is 0. The van der Waals surface area contributed by atoms with E-state index in [1.165, 1.54) is 19.3 Å². The minimum absolute atomic E-state index is 0.0618. The third-order valence-corrected chi connectivity index (χ3v) is 5.91. The van der Waals surface area contributed by atoms with Crippen molar-refractivity contribution in [3.8, 4) is 0 Å². The predicted octanol–water partition coefficient (Wildman–Crippen LogP) is 2.89. The van der Waals surface area contributed by atoms with Crippen molar-refractivity contribution in [3.05, 3.63) is 0 Å². The fourth-order valence-electron chi connectivity index (χ4n) is 3.62. The molecule has 252 valence electrons. The highest BCUT2D eigenvalue weighted by Crippen LogP contribution is 2.13. The largest absolute Gasteiger partial charge is 0.379 e. The molecule has 12 heteroatoms. The Morgan fingerprint density at radius 3 is 1.05 bits per heavy atom. The number of ether oxygens (including phenoxy) is 12. The molecular formula is C30H60O12. The zero-order valence-corrected chi connectivity index (χ0v) is 26.3. The summed E-state index contributed by atoms with van der Waals surface area (Å²) in [4.78, 5) is 0. The van der Waals surface area contributed by atoms with Gasteiger partial charge in [-0.05, 0) is 25.7 Å². The average molecular weight is 613 g/mol. The van der Waals surface area contributed by atoms with Crippen LogP contribution in [0.25, 0.3) is 0 Å². The topological polar surface area (TPSA) is 111 Å². The predicted molar refractivity (Wildman–Crippen MR) is 157 cm³/mol. The standard InChI is InChI=1S/C30H60O12/c1-2-3-5-8-31-10-11-32-12-13-33-14-15-34-16-17-35-18-19-36-20-21-37-22-23-38-24-25-39-26-27-40-28-29-42-30-7-4-6-9-41-30/h30H,2-29H2,1H3. The van der Waals surface area contributed by atoms with Crippen LogP contribution >= 0.6 is 0 Å². The SMILES string of the molecule is CCCCCOCCOCCOCCOCCOCCOCCOCCOCCOCCOCCOC1CCCCO1. The minimum Gasteiger partial charge on any atom is -0.379 e. The summed E-state index contributed by atoms with van der Waals surface area (Å²) in [6, 6.07) is 0. The van der Waals surface area contributed by atoms with E-state index in [2.05, 4.69) is 6.92 Å². The summed E-state index contributed by atoms with van der Waals surface area (Å²) in [5, 5.41) is 0. The second-order valence-electron chi connectivity index (χ2n) is 9.50. The molecule has 0 aliphatic carbocycles. The highest BCUT2D eigenvalue weighted by atomic mass is 16.7. The van der Waals surface area contributed by atoms with Crippen LogP contribution in [-0.2, 0) is 56.8 Å². The first-order valence-electron chi connectivity index (χ1n) is 15.9. The second-order valence-corrected chi connectivity index (χ2v) is 9.50. The van der Waals surface area contributed by atoms with Crippen LogP contribution in [0.3, 0.4) is 0 Å². The van der Waals surface area contributed by atoms with E-state index in [1.807, 2.05) is 0 Å². The van der Waals surface area contributed by atoms with Gasteiger partial charge in [0.1, 0.15) is 0 Å². The lowest BCUT2D eigenvalue weighted by Gasteiger charge is -2.22. The van der Waals surface area contributed by atoms with Crippen LogP contribution in [0.4, 0.5) is 0 Å². The molecule has 0 aromatic heterocycles. The third-order valence-electron chi connectivity index (χ3n) is 5.91. The van der Waals surface area contributed by atoms with Crippen molar-refractivity contribution in [3.63, 3.8) is 0 Å². The molecule has 0 spiro atoms. The molecule has 1 aliphatic rings. The smallest absolute Gasteiger partial charge is 0.157 e. The van der Waals surface area contributed by atoms with Crippen molar-refractivity contribution in [1.82, 2.24) is 0 Å². The number of hydrogen-bond donors (Lipinski definition) is 0. The molecule has 1 atom stereocenters. The second kappa shape index (κ2) is 35.0. The van der Waals surface area contributed by atoms with Gasteiger partial charge in [-0.25, -0.2) is 0 Å². The van der Waals surface area contributed by atoms with Crippen LogP contribution in [0, 0.1) is 0 Å². The van der Waals surface area contributed by atoms with Crippen molar-refractivity contribution >= 4 is 0 Å². The normalized spacial score (nSPS) is 15.5. The van der Waals surface area contributed by atoms with E-state index in [0.29, 0.717) is 132 Å². The van der Waals surface area contributed by atoms with E-state index in [9.17, 15) is 0 Å². The maximum atomic E-state index is 5.61. The Bertz CT molecular complexity index is 497. The first-order valence-corrected chi connectivity index (χ1v) is 15.9. The molecule has 0 amide bonds. The van der Waals surface area contributed by atoms with Crippen molar-refractivity contribution in [1.29, 1.82) is 0 Å². The quantitative estimate of drug-likeness (QED) is 0.0982. The van der Waals surface area contributed by atoms with Gasteiger partial charge < -0.3 is 56.8 Å². The van der Waals surface area contributed by atoms with E-state index in [4.69, 9.17) is 56.8 Å². The maximum Gasteiger partial charge on any atom is 0.157 e. The first kappa shape index (κ1) is 39.5. The Labute approximate surface area is 254 Å². The molecule has 12 nitrogen and oxygen atoms in total. The summed E-state index contributed by atoms with van der Waals surface area (Å²) in [7, 11) is 0. The van der Waals surface area contributed by atoms with Gasteiger partial charge in [0.05, 0.1) is 132 Å². The fraction of sp³-hybridized carbons (Fsp3) is 1.00. The summed E-state index contributed by atoms with van der Waals surface area (Å²) >= 11 is 0. The van der Waals surface area contributed by atoms with Gasteiger partial charge in [-0.2, -0.15) is 0 Å². The van der Waals surface area contributed by atoms with E-state index in [0.717, 1.165) is 32.5 Å². The zero-order chi connectivity index (χ0) is 29.9. The Morgan fingerprint density at radius 1 is 0.405 bits per heavy atom. The summed E-state index contributed by atoms with van der Waals surface area (Å²) < 4.78 is 65.9. The van der Waals surface area contributed by atoms with E-state index in [1.54, 1.807) is 0 Å². The first-order chi connectivity index (χ1) is 20.9. The molecule has 1 fully saturated rings. The molecular weight excluding hydrogens is 552 g/mol. The molecule has 1 rings (SSSR count). The summed E-state index contributed by atoms with van der Waals surface area (Å²) in [5.41, 5.74) is 0. The van der Waals surface area contributed by atoms with Crippen molar-refractivity contribution in [2.75, 3.05) is 145 Å². The lowest BCUT2D eigenvalue weighted by molar-refractivity contribution is -0.169. The van der Waals surface area contributed by atoms with Gasteiger partial charge in [-0.3, -0.25) is 0 Å². The third kappa shape index (κ3) is 31.0. The van der Waals surface area contributed by atoms with Crippen LogP contribution in [-0.4, -0.2) is 152 Å². The summed E-state index contributed by atoms with van der Waals surface area (Å²) in [6.45, 7) is 14.7. The molecule has 0 aromatic carbocycles. The van der Waals surface area contributed by atoms with Crippen molar-refractivity contribution < 1.29 is 56.8 Å². The Balaban J connectivity index is 1.60. The molecule has 0 saturated carbocycles. The number of hydrogen-bond acceptors (Lipinski definition) is 12. The molecule has 1 aliphatic heterocycles. The Kier molecular flexibility index (Phi) is 33.0. The van der Waals surface area contributed by atoms with Gasteiger partial charge >= 0.3 is 0 Å². The van der Waals surface area contributed by atoms with Gasteiger partial charge in [0, 0.05) is 13.2 Å². The summed E-state index contributed by atoms with van der Waals surface area (Å²) in [6.07, 6.45) is 6.76. The van der Waals surface area contributed by atoms with Crippen molar-refractivity contribution in [2.45, 2.75) is 51.7 Å².